The zero-order valence-electron chi connectivity index (χ0n) is 10.6. The number of hydrogen-bond acceptors (Lipinski definition) is 1. The monoisotopic (exact) mass is 216 g/mol. The minimum Gasteiger partial charge on any atom is -0.358 e. The van der Waals surface area contributed by atoms with Crippen molar-refractivity contribution in [3.05, 3.63) is 0 Å². The first kappa shape index (κ1) is 12.5. The second kappa shape index (κ2) is 4.10. The molecule has 0 aromatic carbocycles. The summed E-state index contributed by atoms with van der Waals surface area (Å²) in [4.78, 5) is 0. The van der Waals surface area contributed by atoms with E-state index in [1.54, 1.807) is 0 Å². The molecule has 0 aliphatic carbocycles. The largest absolute Gasteiger partial charge is 0.358 e. The van der Waals surface area contributed by atoms with E-state index >= 15 is 0 Å². The Morgan fingerprint density at radius 2 is 1.64 bits per heavy atom. The van der Waals surface area contributed by atoms with Crippen molar-refractivity contribution in [2.45, 2.75) is 64.7 Å². The highest BCUT2D eigenvalue weighted by Gasteiger charge is 2.60. The first-order valence-electron chi connectivity index (χ1n) is 5.78. The number of hydrogen-bond donors (Lipinski definition) is 0. The van der Waals surface area contributed by atoms with Crippen LogP contribution in [0.1, 0.15) is 54.4 Å². The van der Waals surface area contributed by atoms with Gasteiger partial charge in [0.15, 0.2) is 0 Å². The summed E-state index contributed by atoms with van der Waals surface area (Å²) < 4.78 is 6.08. The average Bonchev–Trinajstić information content (AvgIpc) is 2.10. The molecule has 1 fully saturated rings. The molecule has 0 saturated carbocycles. The molecule has 1 aliphatic rings. The first-order chi connectivity index (χ1) is 6.35. The zero-order chi connectivity index (χ0) is 11.0. The lowest BCUT2D eigenvalue weighted by Crippen LogP contribution is -2.55. The molecule has 84 valence electrons. The maximum Gasteiger partial charge on any atom is 0.0509 e. The van der Waals surface area contributed by atoms with Gasteiger partial charge in [-0.25, -0.2) is 0 Å². The van der Waals surface area contributed by atoms with Gasteiger partial charge in [0.05, 0.1) is 6.61 Å². The Hall–Kier alpha value is 0.390. The van der Waals surface area contributed by atoms with Gasteiger partial charge in [-0.15, -0.1) is 0 Å². The third kappa shape index (κ3) is 1.86. The third-order valence-electron chi connectivity index (χ3n) is 3.88. The second-order valence-corrected chi connectivity index (χ2v) is 8.66. The Morgan fingerprint density at radius 3 is 2.07 bits per heavy atom. The average molecular weight is 216 g/mol. The Bertz CT molecular complexity index is 182. The zero-order valence-corrected chi connectivity index (χ0v) is 11.4. The molecular weight excluding hydrogens is 191 g/mol. The molecule has 0 radical (unpaired) electrons. The molecule has 0 spiro atoms. The van der Waals surface area contributed by atoms with E-state index in [-0.39, 0.29) is 8.15 Å². The van der Waals surface area contributed by atoms with E-state index < -0.39 is 0 Å². The second-order valence-electron chi connectivity index (χ2n) is 5.51. The first-order valence-corrected chi connectivity index (χ1v) is 7.04. The molecule has 0 N–H and O–H groups in total. The Kier molecular flexibility index (Phi) is 3.65. The van der Waals surface area contributed by atoms with Gasteiger partial charge in [-0.2, -0.15) is 0 Å². The summed E-state index contributed by atoms with van der Waals surface area (Å²) in [7, 11) is -0.235. The molecule has 0 aromatic heterocycles. The summed E-state index contributed by atoms with van der Waals surface area (Å²) in [5.74, 6) is 0.780. The normalized spacial score (nSPS) is 33.9. The summed E-state index contributed by atoms with van der Waals surface area (Å²) in [5.41, 5.74) is 0. The summed E-state index contributed by atoms with van der Waals surface area (Å²) in [6.07, 6.45) is 2.44. The van der Waals surface area contributed by atoms with Crippen LogP contribution in [-0.2, 0) is 4.52 Å². The Balaban J connectivity index is 2.51. The molecule has 0 aromatic rings. The molecule has 1 aliphatic heterocycles. The summed E-state index contributed by atoms with van der Waals surface area (Å²) >= 11 is 0. The predicted molar refractivity (Wildman–Crippen MR) is 65.1 cm³/mol. The fourth-order valence-electron chi connectivity index (χ4n) is 2.53. The van der Waals surface area contributed by atoms with Crippen LogP contribution < -0.4 is 0 Å². The van der Waals surface area contributed by atoms with Crippen molar-refractivity contribution in [3.63, 3.8) is 0 Å². The van der Waals surface area contributed by atoms with Crippen molar-refractivity contribution in [1.82, 2.24) is 0 Å². The number of unbranched alkanes of at least 4 members (excludes halogenated alkanes) is 1. The van der Waals surface area contributed by atoms with Crippen LogP contribution in [0.25, 0.3) is 0 Å². The van der Waals surface area contributed by atoms with Crippen LogP contribution in [0, 0.1) is 5.92 Å². The van der Waals surface area contributed by atoms with Crippen molar-refractivity contribution in [3.8, 4) is 0 Å². The topological polar surface area (TPSA) is 9.23 Å². The molecule has 1 saturated heterocycles. The molecule has 0 bridgehead atoms. The molecular formula is C12H25OP. The van der Waals surface area contributed by atoms with Gasteiger partial charge in [-0.3, -0.25) is 0 Å². The SMILES string of the molecule is CCCCOP1C(C)(C)C(C)C1(C)C. The molecule has 1 rings (SSSR count). The minimum atomic E-state index is -0.235. The van der Waals surface area contributed by atoms with Gasteiger partial charge in [0.1, 0.15) is 0 Å². The van der Waals surface area contributed by atoms with Gasteiger partial charge in [-0.05, 0) is 12.3 Å². The number of rotatable bonds is 4. The van der Waals surface area contributed by atoms with Gasteiger partial charge in [0, 0.05) is 18.5 Å². The van der Waals surface area contributed by atoms with E-state index in [4.69, 9.17) is 4.52 Å². The lowest BCUT2D eigenvalue weighted by atomic mass is 9.83. The minimum absolute atomic E-state index is 0.235. The van der Waals surface area contributed by atoms with E-state index in [0.717, 1.165) is 12.5 Å². The maximum atomic E-state index is 6.08. The summed E-state index contributed by atoms with van der Waals surface area (Å²) in [5, 5.41) is 0.846. The van der Waals surface area contributed by atoms with Crippen LogP contribution in [0.2, 0.25) is 0 Å². The van der Waals surface area contributed by atoms with Crippen LogP contribution in [0.3, 0.4) is 0 Å². The van der Waals surface area contributed by atoms with Crippen molar-refractivity contribution in [1.29, 1.82) is 0 Å². The quantitative estimate of drug-likeness (QED) is 0.499. The van der Waals surface area contributed by atoms with Crippen LogP contribution in [0.15, 0.2) is 0 Å². The maximum absolute atomic E-state index is 6.08. The lowest BCUT2D eigenvalue weighted by molar-refractivity contribution is 0.219. The summed E-state index contributed by atoms with van der Waals surface area (Å²) in [6.45, 7) is 15.0. The van der Waals surface area contributed by atoms with E-state index in [9.17, 15) is 0 Å². The highest BCUT2D eigenvalue weighted by molar-refractivity contribution is 7.58. The van der Waals surface area contributed by atoms with E-state index in [1.807, 2.05) is 0 Å². The van der Waals surface area contributed by atoms with Crippen LogP contribution in [-0.4, -0.2) is 16.9 Å². The molecule has 0 amide bonds. The predicted octanol–water partition coefficient (Wildman–Crippen LogP) is 4.41. The van der Waals surface area contributed by atoms with Crippen molar-refractivity contribution in [2.24, 2.45) is 5.92 Å². The molecule has 1 nitrogen and oxygen atoms in total. The smallest absolute Gasteiger partial charge is 0.0509 e. The summed E-state index contributed by atoms with van der Waals surface area (Å²) in [6, 6.07) is 0. The van der Waals surface area contributed by atoms with Crippen LogP contribution in [0.5, 0.6) is 0 Å². The van der Waals surface area contributed by atoms with Crippen molar-refractivity contribution >= 4 is 8.15 Å². The highest BCUT2D eigenvalue weighted by atomic mass is 31.1. The highest BCUT2D eigenvalue weighted by Crippen LogP contribution is 2.76. The fourth-order valence-corrected chi connectivity index (χ4v) is 6.13. The lowest BCUT2D eigenvalue weighted by Gasteiger charge is -2.62. The molecule has 14 heavy (non-hydrogen) atoms. The van der Waals surface area contributed by atoms with Crippen molar-refractivity contribution < 1.29 is 4.52 Å². The third-order valence-corrected chi connectivity index (χ3v) is 7.19. The van der Waals surface area contributed by atoms with E-state index in [0.29, 0.717) is 10.3 Å². The fraction of sp³-hybridized carbons (Fsp3) is 1.00. The van der Waals surface area contributed by atoms with Gasteiger partial charge in [-0.1, -0.05) is 48.0 Å². The Morgan fingerprint density at radius 1 is 1.14 bits per heavy atom. The molecule has 0 unspecified atom stereocenters. The molecule has 1 heterocycles. The van der Waals surface area contributed by atoms with Crippen LogP contribution >= 0.6 is 8.15 Å². The van der Waals surface area contributed by atoms with Gasteiger partial charge < -0.3 is 4.52 Å². The molecule has 2 heteroatoms. The van der Waals surface area contributed by atoms with Crippen molar-refractivity contribution in [2.75, 3.05) is 6.61 Å². The van der Waals surface area contributed by atoms with Crippen LogP contribution in [0.4, 0.5) is 0 Å². The van der Waals surface area contributed by atoms with E-state index in [2.05, 4.69) is 41.5 Å². The van der Waals surface area contributed by atoms with Gasteiger partial charge in [0.2, 0.25) is 0 Å². The Labute approximate surface area is 90.4 Å². The van der Waals surface area contributed by atoms with E-state index in [1.165, 1.54) is 12.8 Å². The molecule has 0 atom stereocenters. The standard InChI is InChI=1S/C12H25OP/c1-7-8-9-13-14-11(3,4)10(2)12(14,5)6/h10H,7-9H2,1-6H3. The van der Waals surface area contributed by atoms with Gasteiger partial charge in [0.25, 0.3) is 0 Å². The van der Waals surface area contributed by atoms with Gasteiger partial charge >= 0.3 is 0 Å².